The number of thioether (sulfide) groups is 1. The number of rotatable bonds is 9. The first-order chi connectivity index (χ1) is 17.9. The first-order valence-electron chi connectivity index (χ1n) is 11.7. The second-order valence-corrected chi connectivity index (χ2v) is 10.3. The van der Waals surface area contributed by atoms with E-state index in [4.69, 9.17) is 14.2 Å². The highest BCUT2D eigenvalue weighted by Crippen LogP contribution is 2.37. The lowest BCUT2D eigenvalue weighted by Crippen LogP contribution is -2.46. The highest BCUT2D eigenvalue weighted by molar-refractivity contribution is 9.10. The number of nitrogens with zero attached hydrogens (tertiary/aromatic N) is 2. The van der Waals surface area contributed by atoms with Crippen LogP contribution in [-0.4, -0.2) is 66.8 Å². The molecular formula is C27H27BrN2O6S. The number of hydrogen-bond acceptors (Lipinski definition) is 7. The number of carbonyl (C=O) groups excluding carboxylic acids is 3. The van der Waals surface area contributed by atoms with Crippen molar-refractivity contribution in [3.8, 4) is 11.5 Å². The minimum absolute atomic E-state index is 0.245. The number of ether oxygens (including phenoxy) is 3. The average Bonchev–Trinajstić information content (AvgIpc) is 3.16. The third kappa shape index (κ3) is 6.63. The van der Waals surface area contributed by atoms with Crippen LogP contribution in [0.15, 0.2) is 58.4 Å². The molecular weight excluding hydrogens is 560 g/mol. The lowest BCUT2D eigenvalue weighted by atomic mass is 10.0. The van der Waals surface area contributed by atoms with E-state index in [1.807, 2.05) is 30.3 Å². The summed E-state index contributed by atoms with van der Waals surface area (Å²) in [6.45, 7) is 5.71. The van der Waals surface area contributed by atoms with E-state index in [0.717, 1.165) is 32.3 Å². The van der Waals surface area contributed by atoms with E-state index in [1.165, 1.54) is 0 Å². The summed E-state index contributed by atoms with van der Waals surface area (Å²) in [7, 11) is 1.55. The van der Waals surface area contributed by atoms with E-state index in [9.17, 15) is 14.4 Å². The van der Waals surface area contributed by atoms with Crippen LogP contribution in [0.1, 0.15) is 16.7 Å². The van der Waals surface area contributed by atoms with E-state index < -0.39 is 11.1 Å². The molecule has 2 fully saturated rings. The first kappa shape index (κ1) is 27.0. The number of morpholine rings is 1. The van der Waals surface area contributed by atoms with Gasteiger partial charge in [0.25, 0.3) is 11.1 Å². The summed E-state index contributed by atoms with van der Waals surface area (Å²) in [6, 6.07) is 11.5. The summed E-state index contributed by atoms with van der Waals surface area (Å²) < 4.78 is 18.0. The largest absolute Gasteiger partial charge is 0.493 e. The Kier molecular flexibility index (Phi) is 9.07. The van der Waals surface area contributed by atoms with Gasteiger partial charge in [0.1, 0.15) is 13.2 Å². The monoisotopic (exact) mass is 586 g/mol. The van der Waals surface area contributed by atoms with Crippen molar-refractivity contribution in [3.63, 3.8) is 0 Å². The maximum Gasteiger partial charge on any atom is 0.294 e. The predicted octanol–water partition coefficient (Wildman–Crippen LogP) is 4.66. The molecule has 194 valence electrons. The number of carbonyl (C=O) groups is 3. The van der Waals surface area contributed by atoms with Crippen LogP contribution in [0.2, 0.25) is 0 Å². The van der Waals surface area contributed by atoms with Crippen molar-refractivity contribution in [2.45, 2.75) is 13.0 Å². The van der Waals surface area contributed by atoms with Gasteiger partial charge in [-0.25, -0.2) is 0 Å². The minimum atomic E-state index is -0.489. The van der Waals surface area contributed by atoms with Crippen molar-refractivity contribution in [3.05, 3.63) is 75.1 Å². The van der Waals surface area contributed by atoms with E-state index >= 15 is 0 Å². The topological polar surface area (TPSA) is 85.4 Å². The van der Waals surface area contributed by atoms with Crippen molar-refractivity contribution >= 4 is 50.8 Å². The lowest BCUT2D eigenvalue weighted by molar-refractivity contribution is -0.139. The van der Waals surface area contributed by atoms with Crippen LogP contribution in [0.25, 0.3) is 6.08 Å². The quantitative estimate of drug-likeness (QED) is 0.312. The number of methoxy groups -OCH3 is 1. The molecule has 2 heterocycles. The van der Waals surface area contributed by atoms with Gasteiger partial charge in [0.2, 0.25) is 5.91 Å². The number of allylic oxidation sites excluding steroid dienone is 1. The molecule has 2 aromatic carbocycles. The molecule has 10 heteroatoms. The van der Waals surface area contributed by atoms with Gasteiger partial charge in [0.05, 0.1) is 25.2 Å². The Balaban J connectivity index is 1.53. The molecule has 0 atom stereocenters. The molecule has 0 aromatic heterocycles. The fraction of sp³-hybridized carbons (Fsp3) is 0.296. The van der Waals surface area contributed by atoms with Crippen LogP contribution in [0, 0.1) is 0 Å². The first-order valence-corrected chi connectivity index (χ1v) is 13.3. The highest BCUT2D eigenvalue weighted by atomic mass is 79.9. The average molecular weight is 587 g/mol. The number of benzene rings is 2. The van der Waals surface area contributed by atoms with Gasteiger partial charge in [-0.2, -0.15) is 0 Å². The summed E-state index contributed by atoms with van der Waals surface area (Å²) in [6.07, 6.45) is 3.91. The summed E-state index contributed by atoms with van der Waals surface area (Å²) in [5, 5.41) is -0.467. The molecule has 37 heavy (non-hydrogen) atoms. The molecule has 2 aromatic rings. The minimum Gasteiger partial charge on any atom is -0.493 e. The maximum absolute atomic E-state index is 13.0. The molecule has 2 aliphatic rings. The van der Waals surface area contributed by atoms with Crippen LogP contribution < -0.4 is 9.47 Å². The van der Waals surface area contributed by atoms with Gasteiger partial charge in [-0.05, 0) is 59.7 Å². The highest BCUT2D eigenvalue weighted by Gasteiger charge is 2.37. The van der Waals surface area contributed by atoms with Crippen LogP contribution >= 0.6 is 27.7 Å². The zero-order valence-corrected chi connectivity index (χ0v) is 22.8. The van der Waals surface area contributed by atoms with Gasteiger partial charge >= 0.3 is 0 Å². The number of imide groups is 1. The fourth-order valence-electron chi connectivity index (χ4n) is 3.96. The van der Waals surface area contributed by atoms with E-state index in [0.29, 0.717) is 56.4 Å². The Morgan fingerprint density at radius 2 is 1.92 bits per heavy atom. The molecule has 0 aliphatic carbocycles. The van der Waals surface area contributed by atoms with Crippen LogP contribution in [-0.2, 0) is 27.4 Å². The second-order valence-electron chi connectivity index (χ2n) is 8.38. The van der Waals surface area contributed by atoms with E-state index in [2.05, 4.69) is 22.5 Å². The normalized spacial score (nSPS) is 16.9. The van der Waals surface area contributed by atoms with Crippen molar-refractivity contribution in [2.24, 2.45) is 0 Å². The van der Waals surface area contributed by atoms with Gasteiger partial charge in [-0.3, -0.25) is 19.3 Å². The molecule has 4 rings (SSSR count). The fourth-order valence-corrected chi connectivity index (χ4v) is 5.06. The molecule has 8 nitrogen and oxygen atoms in total. The molecule has 0 unspecified atom stereocenters. The molecule has 2 saturated heterocycles. The van der Waals surface area contributed by atoms with Crippen molar-refractivity contribution in [1.82, 2.24) is 9.80 Å². The summed E-state index contributed by atoms with van der Waals surface area (Å²) in [5.41, 5.74) is 2.51. The molecule has 0 N–H and O–H groups in total. The molecule has 0 spiro atoms. The molecule has 2 aliphatic heterocycles. The van der Waals surface area contributed by atoms with Gasteiger partial charge in [-0.15, -0.1) is 6.58 Å². The smallest absolute Gasteiger partial charge is 0.294 e. The van der Waals surface area contributed by atoms with Gasteiger partial charge < -0.3 is 19.1 Å². The zero-order chi connectivity index (χ0) is 26.4. The second kappa shape index (κ2) is 12.4. The Labute approximate surface area is 228 Å². The van der Waals surface area contributed by atoms with Crippen molar-refractivity contribution in [2.75, 3.05) is 40.0 Å². The van der Waals surface area contributed by atoms with Gasteiger partial charge in [0.15, 0.2) is 11.5 Å². The number of halogens is 1. The Hall–Kier alpha value is -3.08. The Bertz CT molecular complexity index is 1220. The molecule has 0 bridgehead atoms. The third-order valence-corrected chi connectivity index (χ3v) is 7.30. The predicted molar refractivity (Wildman–Crippen MR) is 145 cm³/mol. The van der Waals surface area contributed by atoms with Crippen LogP contribution in [0.3, 0.4) is 0 Å². The molecule has 0 saturated carbocycles. The molecule has 3 amide bonds. The Morgan fingerprint density at radius 1 is 1.19 bits per heavy atom. The number of amides is 3. The van der Waals surface area contributed by atoms with E-state index in [-0.39, 0.29) is 17.4 Å². The summed E-state index contributed by atoms with van der Waals surface area (Å²) >= 11 is 4.25. The third-order valence-electron chi connectivity index (χ3n) is 5.86. The number of hydrogen-bond donors (Lipinski definition) is 0. The molecule has 0 radical (unpaired) electrons. The van der Waals surface area contributed by atoms with Crippen molar-refractivity contribution in [1.29, 1.82) is 0 Å². The van der Waals surface area contributed by atoms with Gasteiger partial charge in [0, 0.05) is 23.1 Å². The van der Waals surface area contributed by atoms with Gasteiger partial charge in [-0.1, -0.05) is 34.1 Å². The standard InChI is InChI=1S/C27H27BrN2O6S/c1-3-4-20-13-19(14-22(34-2)25(20)36-17-18-5-7-21(28)8-6-18)15-23-26(32)30(27(33)37-23)16-24(31)29-9-11-35-12-10-29/h3,5-8,13-15H,1,4,9-12,16-17H2,2H3/b23-15+. The SMILES string of the molecule is C=CCc1cc(/C=C2/SC(=O)N(CC(=O)N3CCOCC3)C2=O)cc(OC)c1OCc1ccc(Br)cc1. The van der Waals surface area contributed by atoms with E-state index in [1.54, 1.807) is 30.2 Å². The lowest BCUT2D eigenvalue weighted by Gasteiger charge is -2.28. The summed E-state index contributed by atoms with van der Waals surface area (Å²) in [5.74, 6) is 0.335. The van der Waals surface area contributed by atoms with Crippen LogP contribution in [0.4, 0.5) is 4.79 Å². The summed E-state index contributed by atoms with van der Waals surface area (Å²) in [4.78, 5) is 41.0. The zero-order valence-electron chi connectivity index (χ0n) is 20.4. The van der Waals surface area contributed by atoms with Crippen molar-refractivity contribution < 1.29 is 28.6 Å². The Morgan fingerprint density at radius 3 is 2.59 bits per heavy atom. The maximum atomic E-state index is 13.0. The van der Waals surface area contributed by atoms with Crippen LogP contribution in [0.5, 0.6) is 11.5 Å².